The van der Waals surface area contributed by atoms with Gasteiger partial charge in [0.25, 0.3) is 0 Å². The van der Waals surface area contributed by atoms with Gasteiger partial charge in [0.1, 0.15) is 5.75 Å². The number of rotatable bonds is 2. The number of halogens is 3. The molecule has 2 fully saturated rings. The van der Waals surface area contributed by atoms with Gasteiger partial charge in [-0.05, 0) is 36.6 Å². The van der Waals surface area contributed by atoms with Crippen molar-refractivity contribution < 1.29 is 17.9 Å². The Bertz CT molecular complexity index is 486. The lowest BCUT2D eigenvalue weighted by Crippen LogP contribution is -2.20. The van der Waals surface area contributed by atoms with E-state index in [1.54, 1.807) is 6.07 Å². The van der Waals surface area contributed by atoms with Crippen LogP contribution in [-0.2, 0) is 11.6 Å². The third-order valence-corrected chi connectivity index (χ3v) is 4.14. The number of hydrogen-bond donors (Lipinski definition) is 1. The van der Waals surface area contributed by atoms with Crippen LogP contribution in [-0.4, -0.2) is 20.2 Å². The second kappa shape index (κ2) is 3.63. The maximum atomic E-state index is 12.9. The van der Waals surface area contributed by atoms with Crippen molar-refractivity contribution in [2.75, 3.05) is 20.2 Å². The Kier molecular flexibility index (Phi) is 2.39. The summed E-state index contributed by atoms with van der Waals surface area (Å²) in [5.74, 6) is 0.387. The molecule has 0 spiro atoms. The summed E-state index contributed by atoms with van der Waals surface area (Å²) >= 11 is 0. The second-order valence-electron chi connectivity index (χ2n) is 5.10. The number of piperidine rings is 1. The summed E-state index contributed by atoms with van der Waals surface area (Å²) in [5.41, 5.74) is 0.0479. The van der Waals surface area contributed by atoms with E-state index in [1.165, 1.54) is 19.2 Å². The van der Waals surface area contributed by atoms with Crippen LogP contribution < -0.4 is 10.1 Å². The third kappa shape index (κ3) is 1.61. The molecule has 1 aliphatic heterocycles. The number of hydrogen-bond acceptors (Lipinski definition) is 2. The first kappa shape index (κ1) is 11.8. The Morgan fingerprint density at radius 1 is 1.39 bits per heavy atom. The summed E-state index contributed by atoms with van der Waals surface area (Å²) in [6, 6.07) is 4.45. The molecule has 1 aromatic carbocycles. The van der Waals surface area contributed by atoms with Crippen molar-refractivity contribution >= 4 is 0 Å². The first-order chi connectivity index (χ1) is 8.47. The van der Waals surface area contributed by atoms with Gasteiger partial charge < -0.3 is 10.1 Å². The van der Waals surface area contributed by atoms with Gasteiger partial charge in [-0.15, -0.1) is 0 Å². The molecule has 0 unspecified atom stereocenters. The standard InChI is InChI=1S/C13H14F3NO/c1-18-11-3-2-8(4-10(11)13(14,15)16)12-5-9(12)6-17-7-12/h2-4,9,17H,5-7H2,1H3/t9-,12+/m1/s1. The van der Waals surface area contributed by atoms with Crippen molar-refractivity contribution in [3.8, 4) is 5.75 Å². The molecule has 5 heteroatoms. The minimum Gasteiger partial charge on any atom is -0.496 e. The van der Waals surface area contributed by atoms with Gasteiger partial charge in [0.2, 0.25) is 0 Å². The molecule has 98 valence electrons. The van der Waals surface area contributed by atoms with Crippen molar-refractivity contribution in [3.05, 3.63) is 29.3 Å². The molecule has 0 radical (unpaired) electrons. The minimum atomic E-state index is -4.37. The summed E-state index contributed by atoms with van der Waals surface area (Å²) in [5, 5.41) is 3.24. The van der Waals surface area contributed by atoms with Gasteiger partial charge in [-0.1, -0.05) is 6.07 Å². The fraction of sp³-hybridized carbons (Fsp3) is 0.538. The summed E-state index contributed by atoms with van der Waals surface area (Å²) in [6.07, 6.45) is -3.38. The largest absolute Gasteiger partial charge is 0.496 e. The van der Waals surface area contributed by atoms with Crippen LogP contribution in [0, 0.1) is 5.92 Å². The normalized spacial score (nSPS) is 30.1. The lowest BCUT2D eigenvalue weighted by atomic mass is 9.93. The van der Waals surface area contributed by atoms with E-state index in [2.05, 4.69) is 5.32 Å². The SMILES string of the molecule is COc1ccc([C@]23CNC[C@H]2C3)cc1C(F)(F)F. The van der Waals surface area contributed by atoms with Crippen LogP contribution in [0.1, 0.15) is 17.5 Å². The average Bonchev–Trinajstić information content (AvgIpc) is 2.90. The van der Waals surface area contributed by atoms with E-state index in [0.29, 0.717) is 5.92 Å². The van der Waals surface area contributed by atoms with Crippen molar-refractivity contribution in [2.45, 2.75) is 18.0 Å². The van der Waals surface area contributed by atoms with Gasteiger partial charge in [-0.2, -0.15) is 13.2 Å². The predicted octanol–water partition coefficient (Wildman–Crippen LogP) is 2.57. The van der Waals surface area contributed by atoms with Crippen LogP contribution in [0.25, 0.3) is 0 Å². The van der Waals surface area contributed by atoms with Gasteiger partial charge in [0, 0.05) is 12.0 Å². The van der Waals surface area contributed by atoms with Crippen molar-refractivity contribution in [3.63, 3.8) is 0 Å². The van der Waals surface area contributed by atoms with Crippen LogP contribution in [0.2, 0.25) is 0 Å². The second-order valence-corrected chi connectivity index (χ2v) is 5.10. The monoisotopic (exact) mass is 257 g/mol. The highest BCUT2D eigenvalue weighted by molar-refractivity contribution is 5.46. The van der Waals surface area contributed by atoms with Crippen molar-refractivity contribution in [1.82, 2.24) is 5.32 Å². The molecule has 1 heterocycles. The van der Waals surface area contributed by atoms with Crippen LogP contribution in [0.15, 0.2) is 18.2 Å². The highest BCUT2D eigenvalue weighted by Crippen LogP contribution is 2.57. The van der Waals surface area contributed by atoms with Gasteiger partial charge in [-0.3, -0.25) is 0 Å². The van der Waals surface area contributed by atoms with E-state index < -0.39 is 11.7 Å². The highest BCUT2D eigenvalue weighted by atomic mass is 19.4. The molecule has 0 amide bonds. The molecule has 0 bridgehead atoms. The quantitative estimate of drug-likeness (QED) is 0.879. The van der Waals surface area contributed by atoms with E-state index in [-0.39, 0.29) is 11.2 Å². The van der Waals surface area contributed by atoms with Gasteiger partial charge in [-0.25, -0.2) is 0 Å². The molecule has 1 saturated heterocycles. The zero-order valence-electron chi connectivity index (χ0n) is 9.97. The molecule has 2 atom stereocenters. The molecular formula is C13H14F3NO. The van der Waals surface area contributed by atoms with Gasteiger partial charge in [0.05, 0.1) is 12.7 Å². The zero-order valence-corrected chi connectivity index (χ0v) is 9.97. The fourth-order valence-electron chi connectivity index (χ4n) is 3.03. The number of fused-ring (bicyclic) bond motifs is 1. The molecular weight excluding hydrogens is 243 g/mol. The van der Waals surface area contributed by atoms with Crippen LogP contribution in [0.3, 0.4) is 0 Å². The number of methoxy groups -OCH3 is 1. The summed E-state index contributed by atoms with van der Waals surface area (Å²) < 4.78 is 43.6. The van der Waals surface area contributed by atoms with Crippen LogP contribution in [0.5, 0.6) is 5.75 Å². The van der Waals surface area contributed by atoms with Crippen LogP contribution in [0.4, 0.5) is 13.2 Å². The van der Waals surface area contributed by atoms with E-state index in [4.69, 9.17) is 4.74 Å². The molecule has 1 N–H and O–H groups in total. The third-order valence-electron chi connectivity index (χ3n) is 4.14. The maximum Gasteiger partial charge on any atom is 0.419 e. The number of nitrogens with one attached hydrogen (secondary N) is 1. The van der Waals surface area contributed by atoms with Crippen LogP contribution >= 0.6 is 0 Å². The Morgan fingerprint density at radius 2 is 2.17 bits per heavy atom. The molecule has 1 saturated carbocycles. The lowest BCUT2D eigenvalue weighted by molar-refractivity contribution is -0.138. The molecule has 2 aliphatic rings. The number of alkyl halides is 3. The molecule has 1 aromatic rings. The predicted molar refractivity (Wildman–Crippen MR) is 60.7 cm³/mol. The molecule has 3 rings (SSSR count). The Balaban J connectivity index is 2.03. The van der Waals surface area contributed by atoms with Gasteiger partial charge >= 0.3 is 6.18 Å². The summed E-state index contributed by atoms with van der Waals surface area (Å²) in [7, 11) is 1.26. The Hall–Kier alpha value is -1.23. The summed E-state index contributed by atoms with van der Waals surface area (Å²) in [6.45, 7) is 1.69. The van der Waals surface area contributed by atoms with E-state index in [0.717, 1.165) is 25.1 Å². The Labute approximate surface area is 103 Å². The minimum absolute atomic E-state index is 0.0632. The zero-order chi connectivity index (χ0) is 13.0. The molecule has 18 heavy (non-hydrogen) atoms. The van der Waals surface area contributed by atoms with Crippen molar-refractivity contribution in [1.29, 1.82) is 0 Å². The smallest absolute Gasteiger partial charge is 0.419 e. The van der Waals surface area contributed by atoms with E-state index >= 15 is 0 Å². The van der Waals surface area contributed by atoms with Gasteiger partial charge in [0.15, 0.2) is 0 Å². The maximum absolute atomic E-state index is 12.9. The topological polar surface area (TPSA) is 21.3 Å². The highest BCUT2D eigenvalue weighted by Gasteiger charge is 2.58. The summed E-state index contributed by atoms with van der Waals surface area (Å²) in [4.78, 5) is 0. The lowest BCUT2D eigenvalue weighted by Gasteiger charge is -2.17. The first-order valence-corrected chi connectivity index (χ1v) is 5.94. The van der Waals surface area contributed by atoms with E-state index in [1.807, 2.05) is 0 Å². The van der Waals surface area contributed by atoms with Crippen molar-refractivity contribution in [2.24, 2.45) is 5.92 Å². The molecule has 2 nitrogen and oxygen atoms in total. The average molecular weight is 257 g/mol. The first-order valence-electron chi connectivity index (χ1n) is 5.94. The number of ether oxygens (including phenoxy) is 1. The van der Waals surface area contributed by atoms with E-state index in [9.17, 15) is 13.2 Å². The Morgan fingerprint density at radius 3 is 2.67 bits per heavy atom. The fourth-order valence-corrected chi connectivity index (χ4v) is 3.03. The molecule has 0 aromatic heterocycles. The number of benzene rings is 1. The molecule has 1 aliphatic carbocycles.